The Bertz CT molecular complexity index is 1140. The number of pyridine rings is 2. The molecule has 31 heavy (non-hydrogen) atoms. The maximum Gasteiger partial charge on any atom is 0.300 e. The van der Waals surface area contributed by atoms with Crippen LogP contribution in [0.4, 0.5) is 10.4 Å². The number of carbonyl (C=O) groups is 1. The average molecular weight is 446 g/mol. The summed E-state index contributed by atoms with van der Waals surface area (Å²) in [5, 5.41) is 0.349. The SMILES string of the molecule is CC1(COc2ncc(C(=O)N3CCN(c4nc5nc(Cl)ccc5o4)CC3)cc2F)CC1. The number of halogens is 2. The van der Waals surface area contributed by atoms with Crippen molar-refractivity contribution >= 4 is 34.8 Å². The summed E-state index contributed by atoms with van der Waals surface area (Å²) >= 11 is 5.90. The largest absolute Gasteiger partial charge is 0.475 e. The van der Waals surface area contributed by atoms with Crippen LogP contribution in [0.15, 0.2) is 28.8 Å². The van der Waals surface area contributed by atoms with Gasteiger partial charge in [-0.25, -0.2) is 14.4 Å². The van der Waals surface area contributed by atoms with E-state index in [2.05, 4.69) is 21.9 Å². The summed E-state index contributed by atoms with van der Waals surface area (Å²) in [6, 6.07) is 5.00. The van der Waals surface area contributed by atoms with Crippen molar-refractivity contribution in [3.63, 3.8) is 0 Å². The molecule has 2 aliphatic rings. The van der Waals surface area contributed by atoms with E-state index in [9.17, 15) is 9.18 Å². The molecule has 1 aliphatic carbocycles. The number of oxazole rings is 1. The molecular weight excluding hydrogens is 425 g/mol. The van der Waals surface area contributed by atoms with Crippen molar-refractivity contribution < 1.29 is 18.3 Å². The zero-order chi connectivity index (χ0) is 21.6. The van der Waals surface area contributed by atoms with E-state index in [0.29, 0.717) is 55.2 Å². The van der Waals surface area contributed by atoms with Crippen molar-refractivity contribution in [1.29, 1.82) is 0 Å². The Kier molecular flexibility index (Phi) is 4.92. The Labute approximate surface area is 183 Å². The molecule has 0 spiro atoms. The fourth-order valence-electron chi connectivity index (χ4n) is 3.45. The number of anilines is 1. The van der Waals surface area contributed by atoms with Crippen molar-refractivity contribution in [1.82, 2.24) is 19.9 Å². The Balaban J connectivity index is 1.21. The molecule has 1 aliphatic heterocycles. The van der Waals surface area contributed by atoms with Crippen LogP contribution in [-0.4, -0.2) is 58.5 Å². The summed E-state index contributed by atoms with van der Waals surface area (Å²) in [6.07, 6.45) is 3.52. The summed E-state index contributed by atoms with van der Waals surface area (Å²) in [7, 11) is 0. The minimum absolute atomic E-state index is 0.0563. The number of nitrogens with zero attached hydrogens (tertiary/aromatic N) is 5. The first-order valence-corrected chi connectivity index (χ1v) is 10.5. The van der Waals surface area contributed by atoms with Crippen LogP contribution in [0.25, 0.3) is 11.2 Å². The number of rotatable bonds is 5. The highest BCUT2D eigenvalue weighted by Crippen LogP contribution is 2.45. The molecule has 5 rings (SSSR count). The van der Waals surface area contributed by atoms with Crippen LogP contribution >= 0.6 is 11.6 Å². The first-order chi connectivity index (χ1) is 14.9. The summed E-state index contributed by atoms with van der Waals surface area (Å²) < 4.78 is 25.6. The fourth-order valence-corrected chi connectivity index (χ4v) is 3.59. The monoisotopic (exact) mass is 445 g/mol. The van der Waals surface area contributed by atoms with E-state index in [-0.39, 0.29) is 22.8 Å². The highest BCUT2D eigenvalue weighted by Gasteiger charge is 2.38. The van der Waals surface area contributed by atoms with E-state index >= 15 is 0 Å². The van der Waals surface area contributed by atoms with Gasteiger partial charge < -0.3 is 19.0 Å². The van der Waals surface area contributed by atoms with Gasteiger partial charge in [-0.15, -0.1) is 0 Å². The van der Waals surface area contributed by atoms with Crippen molar-refractivity contribution in [3.05, 3.63) is 40.9 Å². The minimum atomic E-state index is -0.619. The maximum absolute atomic E-state index is 14.4. The molecule has 0 aromatic carbocycles. The minimum Gasteiger partial charge on any atom is -0.475 e. The van der Waals surface area contributed by atoms with E-state index in [1.807, 2.05) is 4.90 Å². The van der Waals surface area contributed by atoms with Crippen molar-refractivity contribution in [2.24, 2.45) is 5.41 Å². The smallest absolute Gasteiger partial charge is 0.300 e. The van der Waals surface area contributed by atoms with E-state index in [1.165, 1.54) is 12.3 Å². The second-order valence-corrected chi connectivity index (χ2v) is 8.73. The first kappa shape index (κ1) is 20.0. The molecule has 1 saturated carbocycles. The fraction of sp³-hybridized carbons (Fsp3) is 0.429. The molecule has 162 valence electrons. The number of hydrogen-bond donors (Lipinski definition) is 0. The molecule has 3 aromatic rings. The molecule has 1 saturated heterocycles. The molecule has 3 aromatic heterocycles. The molecular formula is C21H21ClFN5O3. The lowest BCUT2D eigenvalue weighted by atomic mass is 10.2. The standard InChI is InChI=1S/C21H21ClFN5O3/c1-21(4-5-21)12-30-18-14(23)10-13(11-24-18)19(29)27-6-8-28(9-7-27)20-26-17-15(31-20)2-3-16(22)25-17/h2-3,10-11H,4-9,12H2,1H3. The van der Waals surface area contributed by atoms with E-state index in [0.717, 1.165) is 12.8 Å². The summed E-state index contributed by atoms with van der Waals surface area (Å²) in [5.74, 6) is -0.941. The number of carbonyl (C=O) groups excluding carboxylic acids is 1. The average Bonchev–Trinajstić information content (AvgIpc) is 3.36. The molecule has 0 atom stereocenters. The Morgan fingerprint density at radius 1 is 1.26 bits per heavy atom. The van der Waals surface area contributed by atoms with Crippen molar-refractivity contribution in [2.75, 3.05) is 37.7 Å². The van der Waals surface area contributed by atoms with Crippen LogP contribution in [0.5, 0.6) is 5.88 Å². The van der Waals surface area contributed by atoms with Gasteiger partial charge in [0.15, 0.2) is 11.4 Å². The number of fused-ring (bicyclic) bond motifs is 1. The Hall–Kier alpha value is -2.94. The third-order valence-corrected chi connectivity index (χ3v) is 5.97. The zero-order valence-corrected chi connectivity index (χ0v) is 17.7. The lowest BCUT2D eigenvalue weighted by Gasteiger charge is -2.33. The number of hydrogen-bond acceptors (Lipinski definition) is 7. The molecule has 0 N–H and O–H groups in total. The molecule has 4 heterocycles. The van der Waals surface area contributed by atoms with Gasteiger partial charge in [0, 0.05) is 37.8 Å². The second kappa shape index (κ2) is 7.64. The topological polar surface area (TPSA) is 84.6 Å². The molecule has 8 nitrogen and oxygen atoms in total. The predicted octanol–water partition coefficient (Wildman–Crippen LogP) is 3.55. The third kappa shape index (κ3) is 4.14. The summed E-state index contributed by atoms with van der Waals surface area (Å²) in [5.41, 5.74) is 1.33. The first-order valence-electron chi connectivity index (χ1n) is 10.2. The third-order valence-electron chi connectivity index (χ3n) is 5.76. The number of piperazine rings is 1. The molecule has 10 heteroatoms. The van der Waals surface area contributed by atoms with Crippen LogP contribution in [0.3, 0.4) is 0 Å². The quantitative estimate of drug-likeness (QED) is 0.555. The Morgan fingerprint density at radius 3 is 2.74 bits per heavy atom. The van der Waals surface area contributed by atoms with Crippen LogP contribution < -0.4 is 9.64 Å². The summed E-state index contributed by atoms with van der Waals surface area (Å²) in [6.45, 7) is 4.48. The van der Waals surface area contributed by atoms with Crippen molar-refractivity contribution in [3.8, 4) is 5.88 Å². The maximum atomic E-state index is 14.4. The highest BCUT2D eigenvalue weighted by molar-refractivity contribution is 6.29. The van der Waals surface area contributed by atoms with Crippen LogP contribution in [0, 0.1) is 11.2 Å². The van der Waals surface area contributed by atoms with Crippen LogP contribution in [0.2, 0.25) is 5.15 Å². The van der Waals surface area contributed by atoms with Gasteiger partial charge in [0.1, 0.15) is 5.15 Å². The summed E-state index contributed by atoms with van der Waals surface area (Å²) in [4.78, 5) is 28.9. The number of amides is 1. The normalized spacial score (nSPS) is 17.8. The highest BCUT2D eigenvalue weighted by atomic mass is 35.5. The molecule has 1 amide bonds. The van der Waals surface area contributed by atoms with Gasteiger partial charge in [0.2, 0.25) is 11.5 Å². The molecule has 2 fully saturated rings. The van der Waals surface area contributed by atoms with Gasteiger partial charge in [-0.3, -0.25) is 4.79 Å². The predicted molar refractivity (Wildman–Crippen MR) is 112 cm³/mol. The lowest BCUT2D eigenvalue weighted by Crippen LogP contribution is -2.49. The molecule has 0 radical (unpaired) electrons. The van der Waals surface area contributed by atoms with Gasteiger partial charge in [0.05, 0.1) is 12.2 Å². The van der Waals surface area contributed by atoms with Crippen LogP contribution in [0.1, 0.15) is 30.1 Å². The van der Waals surface area contributed by atoms with Gasteiger partial charge in [-0.2, -0.15) is 4.98 Å². The van der Waals surface area contributed by atoms with Crippen molar-refractivity contribution in [2.45, 2.75) is 19.8 Å². The van der Waals surface area contributed by atoms with E-state index in [1.54, 1.807) is 17.0 Å². The number of ether oxygens (including phenoxy) is 1. The lowest BCUT2D eigenvalue weighted by molar-refractivity contribution is 0.0743. The van der Waals surface area contributed by atoms with Crippen LogP contribution in [-0.2, 0) is 0 Å². The second-order valence-electron chi connectivity index (χ2n) is 8.34. The number of aromatic nitrogens is 3. The molecule has 0 bridgehead atoms. The van der Waals surface area contributed by atoms with E-state index < -0.39 is 5.82 Å². The van der Waals surface area contributed by atoms with Gasteiger partial charge >= 0.3 is 0 Å². The Morgan fingerprint density at radius 2 is 2.03 bits per heavy atom. The van der Waals surface area contributed by atoms with E-state index in [4.69, 9.17) is 20.8 Å². The molecule has 0 unspecified atom stereocenters. The van der Waals surface area contributed by atoms with Gasteiger partial charge in [0.25, 0.3) is 11.9 Å². The zero-order valence-electron chi connectivity index (χ0n) is 17.0. The van der Waals surface area contributed by atoms with Gasteiger partial charge in [-0.1, -0.05) is 18.5 Å². The van der Waals surface area contributed by atoms with Gasteiger partial charge in [-0.05, 0) is 31.0 Å².